The van der Waals surface area contributed by atoms with Crippen molar-refractivity contribution in [3.05, 3.63) is 136 Å². The van der Waals surface area contributed by atoms with Gasteiger partial charge in [-0.3, -0.25) is 4.79 Å². The number of hydrogen-bond acceptors (Lipinski definition) is 10. The van der Waals surface area contributed by atoms with Gasteiger partial charge in [0.1, 0.15) is 5.75 Å². The Balaban J connectivity index is 1.12. The summed E-state index contributed by atoms with van der Waals surface area (Å²) in [7, 11) is 1.90. The molecule has 4 atom stereocenters. The number of benzene rings is 4. The normalized spacial score (nSPS) is 19.5. The molecule has 0 radical (unpaired) electrons. The molecule has 48 heavy (non-hydrogen) atoms. The summed E-state index contributed by atoms with van der Waals surface area (Å²) in [6, 6.07) is 25.9. The van der Waals surface area contributed by atoms with Crippen LogP contribution in [0.25, 0.3) is 0 Å². The van der Waals surface area contributed by atoms with E-state index in [-0.39, 0.29) is 47.8 Å². The maximum Gasteiger partial charge on any atom is 0.346 e. The van der Waals surface area contributed by atoms with Crippen molar-refractivity contribution in [2.45, 2.75) is 44.2 Å². The highest BCUT2D eigenvalue weighted by atomic mass is 16.7. The van der Waals surface area contributed by atoms with Gasteiger partial charge in [-0.05, 0) is 59.6 Å². The number of carbonyl (C=O) groups is 3. The van der Waals surface area contributed by atoms with Crippen molar-refractivity contribution in [1.82, 2.24) is 10.2 Å². The fourth-order valence-electron chi connectivity index (χ4n) is 5.89. The number of cyclic esters (lactones) is 2. The molecule has 1 amide bonds. The molecule has 0 spiro atoms. The number of ether oxygens (including phenoxy) is 3. The second-order valence-corrected chi connectivity index (χ2v) is 12.0. The summed E-state index contributed by atoms with van der Waals surface area (Å²) >= 11 is 0. The predicted molar refractivity (Wildman–Crippen MR) is 173 cm³/mol. The zero-order chi connectivity index (χ0) is 33.8. The lowest BCUT2D eigenvalue weighted by Crippen LogP contribution is -2.39. The highest BCUT2D eigenvalue weighted by Gasteiger charge is 2.33. The Morgan fingerprint density at radius 2 is 1.60 bits per heavy atom. The molecule has 0 aliphatic carbocycles. The standard InChI is InChI=1S/C37H36N2O9/c1-39(20-32(42)26-3-2-4-28(41)15-26)19-29-17-33(24-9-7-23(21-40)8-10-24)47-37(46-29)25-11-5-22(6-12-25)18-38-34(43)27-13-14-30-31(16-27)36(45)48-35(30)44/h2-16,29,32-33,37,40-42H,17-21H2,1H3,(H,38,43)/t29-,32+,33+,37?/m0/s1. The number of amides is 1. The second-order valence-electron chi connectivity index (χ2n) is 12.0. The average Bonchev–Trinajstić information content (AvgIpc) is 3.39. The molecule has 4 N–H and O–H groups in total. The highest BCUT2D eigenvalue weighted by molar-refractivity contribution is 6.15. The highest BCUT2D eigenvalue weighted by Crippen LogP contribution is 2.38. The topological polar surface area (TPSA) is 155 Å². The van der Waals surface area contributed by atoms with Crippen molar-refractivity contribution in [1.29, 1.82) is 0 Å². The Kier molecular flexibility index (Phi) is 9.95. The molecule has 2 heterocycles. The smallest absolute Gasteiger partial charge is 0.346 e. The summed E-state index contributed by atoms with van der Waals surface area (Å²) in [6.45, 7) is 1.02. The second kappa shape index (κ2) is 14.5. The van der Waals surface area contributed by atoms with Gasteiger partial charge in [-0.1, -0.05) is 60.7 Å². The molecule has 2 aliphatic rings. The van der Waals surface area contributed by atoms with Crippen LogP contribution in [0.4, 0.5) is 0 Å². The van der Waals surface area contributed by atoms with Gasteiger partial charge in [0.05, 0.1) is 36.0 Å². The van der Waals surface area contributed by atoms with Crippen LogP contribution >= 0.6 is 0 Å². The summed E-state index contributed by atoms with van der Waals surface area (Å²) in [4.78, 5) is 38.3. The zero-order valence-corrected chi connectivity index (χ0v) is 26.2. The Morgan fingerprint density at radius 1 is 0.896 bits per heavy atom. The molecule has 11 heteroatoms. The lowest BCUT2D eigenvalue weighted by Gasteiger charge is -2.38. The molecule has 0 aromatic heterocycles. The third-order valence-corrected chi connectivity index (χ3v) is 8.48. The lowest BCUT2D eigenvalue weighted by atomic mass is 9.99. The molecule has 0 bridgehead atoms. The fourth-order valence-corrected chi connectivity index (χ4v) is 5.89. The first-order valence-electron chi connectivity index (χ1n) is 15.6. The van der Waals surface area contributed by atoms with Gasteiger partial charge in [-0.25, -0.2) is 9.59 Å². The number of nitrogens with one attached hydrogen (secondary N) is 1. The molecule has 4 aromatic carbocycles. The van der Waals surface area contributed by atoms with Gasteiger partial charge in [-0.2, -0.15) is 0 Å². The van der Waals surface area contributed by atoms with Gasteiger partial charge in [0.15, 0.2) is 6.29 Å². The SMILES string of the molecule is CN(C[C@@H]1C[C@H](c2ccc(CO)cc2)OC(c2ccc(CNC(=O)c3ccc4c(c3)C(=O)OC4=O)cc2)O1)C[C@@H](O)c1cccc(O)c1. The quantitative estimate of drug-likeness (QED) is 0.136. The van der Waals surface area contributed by atoms with Gasteiger partial charge in [0.2, 0.25) is 0 Å². The van der Waals surface area contributed by atoms with Crippen LogP contribution in [0.15, 0.2) is 91.0 Å². The predicted octanol–water partition coefficient (Wildman–Crippen LogP) is 4.34. The minimum atomic E-state index is -0.795. The Hall–Kier alpha value is -4.91. The molecule has 0 saturated carbocycles. The fraction of sp³-hybridized carbons (Fsp3) is 0.270. The molecule has 1 saturated heterocycles. The Morgan fingerprint density at radius 3 is 2.33 bits per heavy atom. The molecule has 1 fully saturated rings. The van der Waals surface area contributed by atoms with Crippen molar-refractivity contribution >= 4 is 17.8 Å². The van der Waals surface area contributed by atoms with Gasteiger partial charge in [0.25, 0.3) is 5.91 Å². The molecule has 11 nitrogen and oxygen atoms in total. The van der Waals surface area contributed by atoms with Crippen LogP contribution in [-0.4, -0.2) is 64.3 Å². The minimum Gasteiger partial charge on any atom is -0.508 e. The van der Waals surface area contributed by atoms with E-state index >= 15 is 0 Å². The molecule has 2 aliphatic heterocycles. The number of fused-ring (bicyclic) bond motifs is 1. The third kappa shape index (κ3) is 7.62. The number of aliphatic hydroxyl groups excluding tert-OH is 2. The van der Waals surface area contributed by atoms with Crippen molar-refractivity contribution in [2.75, 3.05) is 20.1 Å². The van der Waals surface area contributed by atoms with E-state index in [9.17, 15) is 29.7 Å². The van der Waals surface area contributed by atoms with Crippen LogP contribution in [0.3, 0.4) is 0 Å². The number of nitrogens with zero attached hydrogens (tertiary/aromatic N) is 1. The summed E-state index contributed by atoms with van der Waals surface area (Å²) in [5, 5.41) is 32.9. The number of phenols is 1. The van der Waals surface area contributed by atoms with Crippen molar-refractivity contribution in [2.24, 2.45) is 0 Å². The van der Waals surface area contributed by atoms with E-state index in [4.69, 9.17) is 9.47 Å². The van der Waals surface area contributed by atoms with Crippen LogP contribution in [0, 0.1) is 0 Å². The summed E-state index contributed by atoms with van der Waals surface area (Å²) < 4.78 is 17.5. The largest absolute Gasteiger partial charge is 0.508 e. The number of esters is 2. The van der Waals surface area contributed by atoms with E-state index in [1.165, 1.54) is 18.2 Å². The molecule has 6 rings (SSSR count). The number of aromatic hydroxyl groups is 1. The number of phenolic OH excluding ortho intramolecular Hbond substituents is 1. The van der Waals surface area contributed by atoms with Crippen molar-refractivity contribution < 1.29 is 43.9 Å². The van der Waals surface area contributed by atoms with E-state index in [0.717, 1.165) is 22.3 Å². The number of carbonyl (C=O) groups excluding carboxylic acids is 3. The van der Waals surface area contributed by atoms with Gasteiger partial charge < -0.3 is 39.7 Å². The molecule has 1 unspecified atom stereocenters. The van der Waals surface area contributed by atoms with Crippen LogP contribution in [0.1, 0.15) is 83.8 Å². The van der Waals surface area contributed by atoms with E-state index in [0.29, 0.717) is 25.1 Å². The summed E-state index contributed by atoms with van der Waals surface area (Å²) in [5.74, 6) is -1.79. The van der Waals surface area contributed by atoms with E-state index in [1.54, 1.807) is 24.3 Å². The summed E-state index contributed by atoms with van der Waals surface area (Å²) in [5.41, 5.74) is 4.45. The first-order valence-corrected chi connectivity index (χ1v) is 15.6. The molecular formula is C37H36N2O9. The van der Waals surface area contributed by atoms with Gasteiger partial charge in [-0.15, -0.1) is 0 Å². The monoisotopic (exact) mass is 652 g/mol. The van der Waals surface area contributed by atoms with Crippen LogP contribution < -0.4 is 5.32 Å². The maximum atomic E-state index is 12.8. The van der Waals surface area contributed by atoms with E-state index in [2.05, 4.69) is 10.1 Å². The van der Waals surface area contributed by atoms with Crippen LogP contribution in [0.5, 0.6) is 5.75 Å². The maximum absolute atomic E-state index is 12.8. The van der Waals surface area contributed by atoms with Crippen LogP contribution in [-0.2, 0) is 27.4 Å². The Bertz CT molecular complexity index is 1790. The number of hydrogen-bond donors (Lipinski definition) is 4. The van der Waals surface area contributed by atoms with Crippen molar-refractivity contribution in [3.8, 4) is 5.75 Å². The number of aliphatic hydroxyl groups is 2. The van der Waals surface area contributed by atoms with E-state index < -0.39 is 30.2 Å². The first kappa shape index (κ1) is 33.0. The minimum absolute atomic E-state index is 0.0533. The third-order valence-electron chi connectivity index (χ3n) is 8.48. The van der Waals surface area contributed by atoms with E-state index in [1.807, 2.05) is 60.5 Å². The molecule has 248 valence electrons. The number of rotatable bonds is 11. The first-order chi connectivity index (χ1) is 23.2. The van der Waals surface area contributed by atoms with Gasteiger partial charge in [0, 0.05) is 37.2 Å². The van der Waals surface area contributed by atoms with Crippen molar-refractivity contribution in [3.63, 3.8) is 0 Å². The lowest BCUT2D eigenvalue weighted by molar-refractivity contribution is -0.252. The van der Waals surface area contributed by atoms with Gasteiger partial charge >= 0.3 is 11.9 Å². The zero-order valence-electron chi connectivity index (χ0n) is 26.2. The van der Waals surface area contributed by atoms with Crippen LogP contribution in [0.2, 0.25) is 0 Å². The number of likely N-dealkylation sites (N-methyl/N-ethyl adjacent to an activating group) is 1. The molecular weight excluding hydrogens is 616 g/mol. The average molecular weight is 653 g/mol. The summed E-state index contributed by atoms with van der Waals surface area (Å²) in [6.07, 6.45) is -1.44. The molecule has 4 aromatic rings. The Labute approximate surface area is 277 Å².